The highest BCUT2D eigenvalue weighted by Gasteiger charge is 2.21. The average molecular weight is 582 g/mol. The first kappa shape index (κ1) is 28.8. The Morgan fingerprint density at radius 1 is 0.977 bits per heavy atom. The highest BCUT2D eigenvalue weighted by molar-refractivity contribution is 6.04. The molecule has 3 heterocycles. The van der Waals surface area contributed by atoms with E-state index in [2.05, 4.69) is 20.3 Å². The molecule has 3 aromatic heterocycles. The minimum Gasteiger partial charge on any atom is -0.382 e. The Labute approximate surface area is 245 Å². The summed E-state index contributed by atoms with van der Waals surface area (Å²) in [6, 6.07) is 15.7. The lowest BCUT2D eigenvalue weighted by atomic mass is 10.2. The smallest absolute Gasteiger partial charge is 0.339 e. The molecule has 5 aromatic rings. The predicted octanol–water partition coefficient (Wildman–Crippen LogP) is 3.02. The maximum Gasteiger partial charge on any atom is 0.339 e. The molecule has 0 fully saturated rings. The Hall–Kier alpha value is -5.69. The van der Waals surface area contributed by atoms with Crippen molar-refractivity contribution < 1.29 is 14.0 Å². The molecule has 12 nitrogen and oxygen atoms in total. The average Bonchev–Trinajstić information content (AvgIpc) is 3.30. The Morgan fingerprint density at radius 3 is 2.44 bits per heavy atom. The van der Waals surface area contributed by atoms with Gasteiger partial charge >= 0.3 is 5.69 Å². The van der Waals surface area contributed by atoms with Gasteiger partial charge in [-0.25, -0.2) is 28.7 Å². The molecule has 0 bridgehead atoms. The van der Waals surface area contributed by atoms with E-state index in [4.69, 9.17) is 5.73 Å². The van der Waals surface area contributed by atoms with Crippen molar-refractivity contribution >= 4 is 40.3 Å². The van der Waals surface area contributed by atoms with Gasteiger partial charge in [0.25, 0.3) is 5.91 Å². The van der Waals surface area contributed by atoms with E-state index in [9.17, 15) is 18.8 Å². The lowest BCUT2D eigenvalue weighted by Gasteiger charge is -2.16. The summed E-state index contributed by atoms with van der Waals surface area (Å²) in [5, 5.41) is 2.60. The van der Waals surface area contributed by atoms with Gasteiger partial charge in [-0.3, -0.25) is 14.2 Å². The zero-order valence-electron chi connectivity index (χ0n) is 23.6. The predicted molar refractivity (Wildman–Crippen MR) is 162 cm³/mol. The summed E-state index contributed by atoms with van der Waals surface area (Å²) in [4.78, 5) is 55.1. The molecule has 0 aliphatic rings. The number of nitrogens with zero attached hydrogens (tertiary/aromatic N) is 7. The van der Waals surface area contributed by atoms with Gasteiger partial charge in [-0.2, -0.15) is 0 Å². The van der Waals surface area contributed by atoms with E-state index in [1.54, 1.807) is 49.5 Å². The fourth-order valence-corrected chi connectivity index (χ4v) is 4.36. The number of fused-ring (bicyclic) bond motifs is 1. The molecule has 0 saturated heterocycles. The van der Waals surface area contributed by atoms with Crippen LogP contribution in [-0.2, 0) is 4.79 Å². The number of imidazole rings is 1. The lowest BCUT2D eigenvalue weighted by Crippen LogP contribution is -2.25. The molecule has 0 unspecified atom stereocenters. The first-order valence-electron chi connectivity index (χ1n) is 13.1. The van der Waals surface area contributed by atoms with Gasteiger partial charge < -0.3 is 20.9 Å². The van der Waals surface area contributed by atoms with Crippen LogP contribution in [0.15, 0.2) is 90.1 Å². The molecular weight excluding hydrogens is 553 g/mol. The van der Waals surface area contributed by atoms with Crippen LogP contribution in [0.3, 0.4) is 0 Å². The standard InChI is InChI=1S/C30H28FN9O3/c1-37(2)15-5-8-25(41)38(3)22-6-4-7-23(16-22)40-28-26(27(32)34-18-35-28)39(30(40)43)21-12-9-19(10-13-21)29(42)36-24-14-11-20(31)17-33-24/h4-14,16-18H,15H2,1-3H3,(H2,32,34,35)(H,33,36,42). The highest BCUT2D eigenvalue weighted by atomic mass is 19.1. The van der Waals surface area contributed by atoms with Crippen molar-refractivity contribution in [3.8, 4) is 11.4 Å². The van der Waals surface area contributed by atoms with Gasteiger partial charge in [0.05, 0.1) is 17.6 Å². The summed E-state index contributed by atoms with van der Waals surface area (Å²) in [5.74, 6) is -0.927. The number of anilines is 3. The van der Waals surface area contributed by atoms with Crippen molar-refractivity contribution in [3.05, 3.63) is 107 Å². The Morgan fingerprint density at radius 2 is 1.74 bits per heavy atom. The molecule has 2 amide bonds. The maximum absolute atomic E-state index is 13.9. The third-order valence-electron chi connectivity index (χ3n) is 6.54. The quantitative estimate of drug-likeness (QED) is 0.266. The van der Waals surface area contributed by atoms with Crippen molar-refractivity contribution in [3.63, 3.8) is 0 Å². The Bertz CT molecular complexity index is 1900. The monoisotopic (exact) mass is 581 g/mol. The van der Waals surface area contributed by atoms with Crippen LogP contribution in [0.1, 0.15) is 10.4 Å². The van der Waals surface area contributed by atoms with Crippen LogP contribution < -0.4 is 21.6 Å². The first-order valence-corrected chi connectivity index (χ1v) is 13.1. The van der Waals surface area contributed by atoms with Crippen LogP contribution in [0.25, 0.3) is 22.5 Å². The number of amides is 2. The minimum absolute atomic E-state index is 0.0829. The number of nitrogens with one attached hydrogen (secondary N) is 1. The van der Waals surface area contributed by atoms with E-state index in [0.717, 1.165) is 6.20 Å². The largest absolute Gasteiger partial charge is 0.382 e. The summed E-state index contributed by atoms with van der Waals surface area (Å²) in [7, 11) is 5.47. The van der Waals surface area contributed by atoms with Gasteiger partial charge in [0.15, 0.2) is 11.5 Å². The topological polar surface area (TPSA) is 144 Å². The molecule has 0 aliphatic carbocycles. The van der Waals surface area contributed by atoms with Gasteiger partial charge in [0, 0.05) is 30.9 Å². The number of carbonyl (C=O) groups is 2. The zero-order chi connectivity index (χ0) is 30.7. The zero-order valence-corrected chi connectivity index (χ0v) is 23.6. The van der Waals surface area contributed by atoms with Crippen molar-refractivity contribution in [2.75, 3.05) is 43.6 Å². The number of nitrogens with two attached hydrogens (primary N) is 1. The fourth-order valence-electron chi connectivity index (χ4n) is 4.36. The van der Waals surface area contributed by atoms with Crippen LogP contribution in [0, 0.1) is 5.82 Å². The number of halogens is 1. The first-order chi connectivity index (χ1) is 20.6. The number of hydrogen-bond donors (Lipinski definition) is 2. The van der Waals surface area contributed by atoms with Gasteiger partial charge in [-0.1, -0.05) is 12.1 Å². The molecule has 0 radical (unpaired) electrons. The number of nitrogen functional groups attached to an aromatic ring is 1. The molecule has 13 heteroatoms. The van der Waals surface area contributed by atoms with Crippen molar-refractivity contribution in [1.29, 1.82) is 0 Å². The second kappa shape index (κ2) is 12.0. The van der Waals surface area contributed by atoms with Crippen molar-refractivity contribution in [2.24, 2.45) is 0 Å². The molecule has 0 aliphatic heterocycles. The summed E-state index contributed by atoms with van der Waals surface area (Å²) in [5.41, 5.74) is 8.03. The van der Waals surface area contributed by atoms with Gasteiger partial charge in [0.2, 0.25) is 5.91 Å². The van der Waals surface area contributed by atoms with Crippen LogP contribution in [0.2, 0.25) is 0 Å². The maximum atomic E-state index is 13.9. The number of pyridine rings is 1. The Balaban J connectivity index is 1.50. The van der Waals surface area contributed by atoms with E-state index in [1.165, 1.54) is 50.7 Å². The van der Waals surface area contributed by atoms with Crippen molar-refractivity contribution in [1.82, 2.24) is 29.0 Å². The van der Waals surface area contributed by atoms with Crippen molar-refractivity contribution in [2.45, 2.75) is 0 Å². The highest BCUT2D eigenvalue weighted by Crippen LogP contribution is 2.25. The SMILES string of the molecule is CN(C)CC=CC(=O)N(C)c1cccc(-n2c(=O)n(-c3ccc(C(=O)Nc4ccc(F)cn4)cc3)c3c(N)ncnc32)c1. The van der Waals surface area contributed by atoms with Gasteiger partial charge in [0.1, 0.15) is 23.5 Å². The number of rotatable bonds is 8. The van der Waals surface area contributed by atoms with E-state index in [0.29, 0.717) is 23.6 Å². The molecule has 43 heavy (non-hydrogen) atoms. The molecular formula is C30H28FN9O3. The van der Waals surface area contributed by atoms with Crippen LogP contribution in [-0.4, -0.2) is 68.5 Å². The second-order valence-corrected chi connectivity index (χ2v) is 9.83. The second-order valence-electron chi connectivity index (χ2n) is 9.83. The van der Waals surface area contributed by atoms with Gasteiger partial charge in [-0.15, -0.1) is 0 Å². The molecule has 2 aromatic carbocycles. The molecule has 3 N–H and O–H groups in total. The minimum atomic E-state index is -0.518. The third kappa shape index (κ3) is 6.01. The third-order valence-corrected chi connectivity index (χ3v) is 6.54. The number of likely N-dealkylation sites (N-methyl/N-ethyl adjacent to an activating group) is 2. The normalized spacial score (nSPS) is 11.4. The fraction of sp³-hybridized carbons (Fsp3) is 0.133. The number of benzene rings is 2. The van der Waals surface area contributed by atoms with E-state index < -0.39 is 17.4 Å². The number of hydrogen-bond acceptors (Lipinski definition) is 8. The van der Waals surface area contributed by atoms with E-state index >= 15 is 0 Å². The van der Waals surface area contributed by atoms with Crippen LogP contribution in [0.4, 0.5) is 21.7 Å². The number of aromatic nitrogens is 5. The summed E-state index contributed by atoms with van der Waals surface area (Å²) < 4.78 is 15.9. The number of carbonyl (C=O) groups excluding carboxylic acids is 2. The van der Waals surface area contributed by atoms with E-state index in [-0.39, 0.29) is 34.3 Å². The lowest BCUT2D eigenvalue weighted by molar-refractivity contribution is -0.113. The van der Waals surface area contributed by atoms with Crippen LogP contribution >= 0.6 is 0 Å². The summed E-state index contributed by atoms with van der Waals surface area (Å²) in [6.07, 6.45) is 5.54. The van der Waals surface area contributed by atoms with Crippen LogP contribution in [0.5, 0.6) is 0 Å². The summed E-state index contributed by atoms with van der Waals surface area (Å²) >= 11 is 0. The molecule has 218 valence electrons. The van der Waals surface area contributed by atoms with E-state index in [1.807, 2.05) is 19.0 Å². The Kier molecular flexibility index (Phi) is 8.07. The van der Waals surface area contributed by atoms with Gasteiger partial charge in [-0.05, 0) is 68.7 Å². The summed E-state index contributed by atoms with van der Waals surface area (Å²) in [6.45, 7) is 0.618. The molecule has 0 spiro atoms. The molecule has 0 saturated carbocycles. The molecule has 5 rings (SSSR count). The molecule has 0 atom stereocenters.